The van der Waals surface area contributed by atoms with Crippen LogP contribution in [0.2, 0.25) is 0 Å². The molecule has 0 aromatic heterocycles. The predicted molar refractivity (Wildman–Crippen MR) is 94.4 cm³/mol. The van der Waals surface area contributed by atoms with E-state index in [-0.39, 0.29) is 0 Å². The molecule has 0 nitrogen and oxygen atoms in total. The van der Waals surface area contributed by atoms with Crippen molar-refractivity contribution in [2.75, 3.05) is 0 Å². The van der Waals surface area contributed by atoms with Crippen LogP contribution in [0, 0.1) is 0 Å². The van der Waals surface area contributed by atoms with Gasteiger partial charge in [0.2, 0.25) is 0 Å². The summed E-state index contributed by atoms with van der Waals surface area (Å²) in [6.07, 6.45) is 28.0. The maximum atomic E-state index is 2.27. The summed E-state index contributed by atoms with van der Waals surface area (Å²) in [6.45, 7) is 4.00. The van der Waals surface area contributed by atoms with Gasteiger partial charge in [-0.25, -0.2) is 0 Å². The highest BCUT2D eigenvalue weighted by Gasteiger charge is 1.96. The molecule has 2 saturated carbocycles. The van der Waals surface area contributed by atoms with Crippen molar-refractivity contribution in [3.63, 3.8) is 0 Å². The molecule has 0 atom stereocenters. The number of hydrogen-bond donors (Lipinski definition) is 0. The van der Waals surface area contributed by atoms with Gasteiger partial charge in [0.15, 0.2) is 0 Å². The topological polar surface area (TPSA) is 0 Å². The summed E-state index contributed by atoms with van der Waals surface area (Å²) in [6, 6.07) is 0. The van der Waals surface area contributed by atoms with E-state index in [1.807, 2.05) is 13.8 Å². The Bertz CT molecular complexity index is 129. The first-order valence-electron chi connectivity index (χ1n) is 9.65. The quantitative estimate of drug-likeness (QED) is 0.397. The molecule has 0 N–H and O–H groups in total. The van der Waals surface area contributed by atoms with Gasteiger partial charge in [-0.15, -0.1) is 0 Å². The zero-order valence-electron chi connectivity index (χ0n) is 14.5. The molecule has 0 radical (unpaired) electrons. The molecular weight excluding hydrogens is 240 g/mol. The van der Waals surface area contributed by atoms with E-state index < -0.39 is 0 Å². The Morgan fingerprint density at radius 3 is 0.650 bits per heavy atom. The standard InChI is InChI=1S/2C6H12.C6H10.C2H6/c3*1-2-4-6-5-3-1;1-2/h2*1-6H2;1-2H,3-6H2;1-2H3. The molecule has 3 aliphatic carbocycles. The molecule has 2 fully saturated rings. The van der Waals surface area contributed by atoms with Crippen molar-refractivity contribution in [1.29, 1.82) is 0 Å². The summed E-state index contributed by atoms with van der Waals surface area (Å²) in [5.41, 5.74) is 0. The van der Waals surface area contributed by atoms with Gasteiger partial charge < -0.3 is 0 Å². The Balaban J connectivity index is 0.000000255. The van der Waals surface area contributed by atoms with E-state index in [2.05, 4.69) is 12.2 Å². The van der Waals surface area contributed by atoms with Crippen molar-refractivity contribution in [2.24, 2.45) is 0 Å². The summed E-state index contributed by atoms with van der Waals surface area (Å²) in [4.78, 5) is 0. The molecule has 0 spiro atoms. The van der Waals surface area contributed by atoms with E-state index in [4.69, 9.17) is 0 Å². The van der Waals surface area contributed by atoms with Gasteiger partial charge in [0, 0.05) is 0 Å². The van der Waals surface area contributed by atoms with E-state index in [0.717, 1.165) is 0 Å². The van der Waals surface area contributed by atoms with E-state index >= 15 is 0 Å². The second-order valence-corrected chi connectivity index (χ2v) is 6.00. The van der Waals surface area contributed by atoms with Crippen LogP contribution >= 0.6 is 0 Å². The Labute approximate surface area is 129 Å². The zero-order chi connectivity index (χ0) is 14.7. The lowest BCUT2D eigenvalue weighted by atomic mass is 10.0. The van der Waals surface area contributed by atoms with E-state index in [9.17, 15) is 0 Å². The highest BCUT2D eigenvalue weighted by Crippen LogP contribution is 2.15. The Hall–Kier alpha value is -0.260. The summed E-state index contributed by atoms with van der Waals surface area (Å²) in [5, 5.41) is 0. The van der Waals surface area contributed by atoms with Crippen LogP contribution in [0.25, 0.3) is 0 Å². The van der Waals surface area contributed by atoms with Crippen LogP contribution in [0.4, 0.5) is 0 Å². The lowest BCUT2D eigenvalue weighted by Gasteiger charge is -2.05. The molecule has 0 unspecified atom stereocenters. The van der Waals surface area contributed by atoms with Crippen molar-refractivity contribution in [2.45, 2.75) is 117 Å². The van der Waals surface area contributed by atoms with Crippen LogP contribution in [0.15, 0.2) is 12.2 Å². The first-order chi connectivity index (χ1) is 10.0. The number of allylic oxidation sites excluding steroid dienone is 2. The lowest BCUT2D eigenvalue weighted by Crippen LogP contribution is -1.85. The monoisotopic (exact) mass is 280 g/mol. The van der Waals surface area contributed by atoms with Gasteiger partial charge in [0.1, 0.15) is 0 Å². The van der Waals surface area contributed by atoms with Crippen LogP contribution in [-0.2, 0) is 0 Å². The molecule has 120 valence electrons. The smallest absolute Gasteiger partial charge is 0.0351 e. The SMILES string of the molecule is C1=CCCCC1.C1CCCCC1.C1CCCCC1.CC. The zero-order valence-corrected chi connectivity index (χ0v) is 14.5. The molecule has 0 aliphatic heterocycles. The molecule has 0 saturated heterocycles. The molecule has 0 amide bonds. The molecule has 0 heteroatoms. The van der Waals surface area contributed by atoms with Crippen LogP contribution in [0.1, 0.15) is 117 Å². The molecule has 20 heavy (non-hydrogen) atoms. The molecule has 0 aromatic rings. The van der Waals surface area contributed by atoms with E-state index in [1.54, 1.807) is 0 Å². The van der Waals surface area contributed by atoms with E-state index in [1.165, 1.54) is 103 Å². The third kappa shape index (κ3) is 15.8. The average Bonchev–Trinajstić information content (AvgIpc) is 2.62. The van der Waals surface area contributed by atoms with Crippen LogP contribution in [0.5, 0.6) is 0 Å². The highest BCUT2D eigenvalue weighted by molar-refractivity contribution is 4.85. The van der Waals surface area contributed by atoms with E-state index in [0.29, 0.717) is 0 Å². The number of rotatable bonds is 0. The van der Waals surface area contributed by atoms with Crippen LogP contribution in [0.3, 0.4) is 0 Å². The third-order valence-electron chi connectivity index (χ3n) is 4.16. The maximum Gasteiger partial charge on any atom is -0.0351 e. The van der Waals surface area contributed by atoms with Gasteiger partial charge in [-0.05, 0) is 25.7 Å². The fraction of sp³-hybridized carbons (Fsp3) is 0.900. The minimum absolute atomic E-state index is 1.32. The summed E-state index contributed by atoms with van der Waals surface area (Å²) < 4.78 is 0. The summed E-state index contributed by atoms with van der Waals surface area (Å²) in [7, 11) is 0. The number of hydrogen-bond acceptors (Lipinski definition) is 0. The Morgan fingerprint density at radius 2 is 0.550 bits per heavy atom. The Kier molecular flexibility index (Phi) is 18.5. The van der Waals surface area contributed by atoms with Crippen molar-refractivity contribution >= 4 is 0 Å². The van der Waals surface area contributed by atoms with Crippen molar-refractivity contribution < 1.29 is 0 Å². The van der Waals surface area contributed by atoms with Gasteiger partial charge >= 0.3 is 0 Å². The fourth-order valence-corrected chi connectivity index (χ4v) is 2.88. The van der Waals surface area contributed by atoms with Gasteiger partial charge in [-0.2, -0.15) is 0 Å². The van der Waals surface area contributed by atoms with Gasteiger partial charge in [0.05, 0.1) is 0 Å². The highest BCUT2D eigenvalue weighted by atomic mass is 14.0. The maximum absolute atomic E-state index is 2.27. The summed E-state index contributed by atoms with van der Waals surface area (Å²) >= 11 is 0. The molecule has 3 aliphatic rings. The molecule has 3 rings (SSSR count). The van der Waals surface area contributed by atoms with Gasteiger partial charge in [0.25, 0.3) is 0 Å². The lowest BCUT2D eigenvalue weighted by molar-refractivity contribution is 0.504. The molecule has 0 bridgehead atoms. The fourth-order valence-electron chi connectivity index (χ4n) is 2.88. The molecular formula is C20H40. The molecule has 0 heterocycles. The second-order valence-electron chi connectivity index (χ2n) is 6.00. The third-order valence-corrected chi connectivity index (χ3v) is 4.16. The average molecular weight is 281 g/mol. The summed E-state index contributed by atoms with van der Waals surface area (Å²) in [5.74, 6) is 0. The first-order valence-corrected chi connectivity index (χ1v) is 9.65. The van der Waals surface area contributed by atoms with Crippen LogP contribution in [-0.4, -0.2) is 0 Å². The normalized spacial score (nSPS) is 21.1. The predicted octanol–water partition coefficient (Wildman–Crippen LogP) is 7.82. The molecule has 0 aromatic carbocycles. The Morgan fingerprint density at radius 1 is 0.350 bits per heavy atom. The largest absolute Gasteiger partial charge is 0.0885 e. The van der Waals surface area contributed by atoms with Gasteiger partial charge in [-0.1, -0.05) is 103 Å². The van der Waals surface area contributed by atoms with Crippen molar-refractivity contribution in [1.82, 2.24) is 0 Å². The first kappa shape index (κ1) is 19.7. The second kappa shape index (κ2) is 18.7. The van der Waals surface area contributed by atoms with Gasteiger partial charge in [-0.3, -0.25) is 0 Å². The minimum Gasteiger partial charge on any atom is -0.0885 e. The minimum atomic E-state index is 1.32. The van der Waals surface area contributed by atoms with Crippen molar-refractivity contribution in [3.8, 4) is 0 Å². The van der Waals surface area contributed by atoms with Crippen LogP contribution < -0.4 is 0 Å². The van der Waals surface area contributed by atoms with Crippen molar-refractivity contribution in [3.05, 3.63) is 12.2 Å².